The Bertz CT molecular complexity index is 462. The SMILES string of the molecule is CCOCCCNC(=S)N/N=C(/C)c1cccc(N)c1. The van der Waals surface area contributed by atoms with Crippen LogP contribution >= 0.6 is 12.2 Å². The highest BCUT2D eigenvalue weighted by Gasteiger charge is 1.98. The van der Waals surface area contributed by atoms with Gasteiger partial charge in [-0.3, -0.25) is 5.43 Å². The summed E-state index contributed by atoms with van der Waals surface area (Å²) in [7, 11) is 0. The Balaban J connectivity index is 2.33. The van der Waals surface area contributed by atoms with Gasteiger partial charge in [-0.25, -0.2) is 0 Å². The lowest BCUT2D eigenvalue weighted by Crippen LogP contribution is -2.33. The molecule has 6 heteroatoms. The van der Waals surface area contributed by atoms with Crippen LogP contribution in [0.25, 0.3) is 0 Å². The maximum absolute atomic E-state index is 5.73. The summed E-state index contributed by atoms with van der Waals surface area (Å²) in [5.41, 5.74) is 11.1. The Morgan fingerprint density at radius 2 is 2.25 bits per heavy atom. The zero-order valence-corrected chi connectivity index (χ0v) is 12.8. The van der Waals surface area contributed by atoms with Crippen LogP contribution in [0, 0.1) is 0 Å². The number of nitrogens with two attached hydrogens (primary N) is 1. The molecule has 0 aliphatic heterocycles. The number of hydrogen-bond donors (Lipinski definition) is 3. The molecule has 1 aromatic rings. The van der Waals surface area contributed by atoms with Gasteiger partial charge in [0, 0.05) is 25.4 Å². The number of nitrogens with one attached hydrogen (secondary N) is 2. The second kappa shape index (κ2) is 9.28. The summed E-state index contributed by atoms with van der Waals surface area (Å²) in [6.07, 6.45) is 0.910. The topological polar surface area (TPSA) is 71.7 Å². The molecule has 0 amide bonds. The number of anilines is 1. The van der Waals surface area contributed by atoms with Crippen molar-refractivity contribution in [2.24, 2.45) is 5.10 Å². The fourth-order valence-electron chi connectivity index (χ4n) is 1.52. The number of hydrazone groups is 1. The third kappa shape index (κ3) is 6.49. The highest BCUT2D eigenvalue weighted by molar-refractivity contribution is 7.80. The van der Waals surface area contributed by atoms with Crippen molar-refractivity contribution in [3.63, 3.8) is 0 Å². The van der Waals surface area contributed by atoms with Gasteiger partial charge in [0.1, 0.15) is 0 Å². The second-order valence-corrected chi connectivity index (χ2v) is 4.65. The van der Waals surface area contributed by atoms with Crippen molar-refractivity contribution < 1.29 is 4.74 Å². The lowest BCUT2D eigenvalue weighted by Gasteiger charge is -2.08. The van der Waals surface area contributed by atoms with Crippen molar-refractivity contribution in [3.8, 4) is 0 Å². The van der Waals surface area contributed by atoms with Crippen LogP contribution in [0.15, 0.2) is 29.4 Å². The number of nitrogen functional groups attached to an aromatic ring is 1. The first-order chi connectivity index (χ1) is 9.63. The second-order valence-electron chi connectivity index (χ2n) is 4.24. The van der Waals surface area contributed by atoms with Crippen LogP contribution in [0.4, 0.5) is 5.69 Å². The third-order valence-electron chi connectivity index (χ3n) is 2.58. The summed E-state index contributed by atoms with van der Waals surface area (Å²) in [6.45, 7) is 6.12. The van der Waals surface area contributed by atoms with E-state index in [1.165, 1.54) is 0 Å². The molecule has 0 aromatic heterocycles. The Hall–Kier alpha value is -1.66. The summed E-state index contributed by atoms with van der Waals surface area (Å²) in [5, 5.41) is 7.80. The van der Waals surface area contributed by atoms with Crippen LogP contribution in [-0.2, 0) is 4.74 Å². The predicted octanol–water partition coefficient (Wildman–Crippen LogP) is 1.88. The van der Waals surface area contributed by atoms with Crippen molar-refractivity contribution in [2.45, 2.75) is 20.3 Å². The van der Waals surface area contributed by atoms with E-state index in [0.29, 0.717) is 10.8 Å². The van der Waals surface area contributed by atoms with Crippen LogP contribution in [-0.4, -0.2) is 30.6 Å². The average molecular weight is 294 g/mol. The Morgan fingerprint density at radius 1 is 1.45 bits per heavy atom. The van der Waals surface area contributed by atoms with E-state index in [-0.39, 0.29) is 0 Å². The van der Waals surface area contributed by atoms with Crippen molar-refractivity contribution in [2.75, 3.05) is 25.5 Å². The molecule has 110 valence electrons. The molecule has 0 unspecified atom stereocenters. The zero-order valence-electron chi connectivity index (χ0n) is 12.0. The average Bonchev–Trinajstić information content (AvgIpc) is 2.44. The van der Waals surface area contributed by atoms with Crippen molar-refractivity contribution in [1.29, 1.82) is 0 Å². The van der Waals surface area contributed by atoms with Gasteiger partial charge in [-0.05, 0) is 50.2 Å². The Labute approximate surface area is 125 Å². The predicted molar refractivity (Wildman–Crippen MR) is 87.9 cm³/mol. The summed E-state index contributed by atoms with van der Waals surface area (Å²) in [6, 6.07) is 7.57. The maximum Gasteiger partial charge on any atom is 0.186 e. The van der Waals surface area contributed by atoms with Gasteiger partial charge in [-0.2, -0.15) is 5.10 Å². The monoisotopic (exact) mass is 294 g/mol. The molecule has 0 saturated heterocycles. The van der Waals surface area contributed by atoms with E-state index < -0.39 is 0 Å². The van der Waals surface area contributed by atoms with Crippen molar-refractivity contribution >= 4 is 28.7 Å². The third-order valence-corrected chi connectivity index (χ3v) is 2.82. The quantitative estimate of drug-likeness (QED) is 0.235. The molecule has 0 saturated carbocycles. The molecule has 0 bridgehead atoms. The molecule has 1 aromatic carbocycles. The molecule has 0 atom stereocenters. The molecule has 5 nitrogen and oxygen atoms in total. The lowest BCUT2D eigenvalue weighted by molar-refractivity contribution is 0.145. The van der Waals surface area contributed by atoms with Crippen LogP contribution in [0.1, 0.15) is 25.8 Å². The highest BCUT2D eigenvalue weighted by atomic mass is 32.1. The summed E-state index contributed by atoms with van der Waals surface area (Å²) in [5.74, 6) is 0. The smallest absolute Gasteiger partial charge is 0.186 e. The Kier molecular flexibility index (Phi) is 7.60. The van der Waals surface area contributed by atoms with Gasteiger partial charge in [0.25, 0.3) is 0 Å². The molecule has 0 fully saturated rings. The van der Waals surface area contributed by atoms with Gasteiger partial charge in [-0.15, -0.1) is 0 Å². The number of hydrogen-bond acceptors (Lipinski definition) is 4. The number of benzene rings is 1. The van der Waals surface area contributed by atoms with E-state index in [2.05, 4.69) is 15.8 Å². The molecule has 0 spiro atoms. The summed E-state index contributed by atoms with van der Waals surface area (Å²) >= 11 is 5.13. The number of thiocarbonyl (C=S) groups is 1. The van der Waals surface area contributed by atoms with E-state index in [9.17, 15) is 0 Å². The van der Waals surface area contributed by atoms with Crippen molar-refractivity contribution in [3.05, 3.63) is 29.8 Å². The molecule has 4 N–H and O–H groups in total. The molecular weight excluding hydrogens is 272 g/mol. The van der Waals surface area contributed by atoms with Crippen LogP contribution in [0.3, 0.4) is 0 Å². The fraction of sp³-hybridized carbons (Fsp3) is 0.429. The minimum absolute atomic E-state index is 0.504. The maximum atomic E-state index is 5.73. The van der Waals surface area contributed by atoms with Gasteiger partial charge in [0.05, 0.1) is 5.71 Å². The number of rotatable bonds is 7. The van der Waals surface area contributed by atoms with E-state index >= 15 is 0 Å². The first-order valence-corrected chi connectivity index (χ1v) is 7.06. The lowest BCUT2D eigenvalue weighted by atomic mass is 10.1. The van der Waals surface area contributed by atoms with Gasteiger partial charge in [0.15, 0.2) is 5.11 Å². The number of ether oxygens (including phenoxy) is 1. The molecule has 0 radical (unpaired) electrons. The van der Waals surface area contributed by atoms with Crippen LogP contribution < -0.4 is 16.5 Å². The largest absolute Gasteiger partial charge is 0.399 e. The van der Waals surface area contributed by atoms with Gasteiger partial charge >= 0.3 is 0 Å². The first-order valence-electron chi connectivity index (χ1n) is 6.65. The molecule has 20 heavy (non-hydrogen) atoms. The molecule has 0 aliphatic carbocycles. The van der Waals surface area contributed by atoms with Crippen molar-refractivity contribution in [1.82, 2.24) is 10.7 Å². The molecular formula is C14H22N4OS. The van der Waals surface area contributed by atoms with Gasteiger partial charge in [0.2, 0.25) is 0 Å². The minimum Gasteiger partial charge on any atom is -0.399 e. The van der Waals surface area contributed by atoms with Crippen LogP contribution in [0.5, 0.6) is 0 Å². The van der Waals surface area contributed by atoms with E-state index in [4.69, 9.17) is 22.7 Å². The minimum atomic E-state index is 0.504. The highest BCUT2D eigenvalue weighted by Crippen LogP contribution is 2.07. The van der Waals surface area contributed by atoms with E-state index in [1.54, 1.807) is 0 Å². The fourth-order valence-corrected chi connectivity index (χ4v) is 1.67. The van der Waals surface area contributed by atoms with E-state index in [0.717, 1.165) is 37.5 Å². The van der Waals surface area contributed by atoms with Gasteiger partial charge < -0.3 is 15.8 Å². The first kappa shape index (κ1) is 16.4. The standard InChI is InChI=1S/C14H22N4OS/c1-3-19-9-5-8-16-14(20)18-17-11(2)12-6-4-7-13(15)10-12/h4,6-7,10H,3,5,8-9,15H2,1-2H3,(H2,16,18,20)/b17-11-. The molecule has 0 heterocycles. The zero-order chi connectivity index (χ0) is 14.8. The molecule has 1 rings (SSSR count). The Morgan fingerprint density at radius 3 is 2.95 bits per heavy atom. The normalized spacial score (nSPS) is 11.2. The molecule has 0 aliphatic rings. The van der Waals surface area contributed by atoms with Crippen LogP contribution in [0.2, 0.25) is 0 Å². The van der Waals surface area contributed by atoms with Gasteiger partial charge in [-0.1, -0.05) is 12.1 Å². The number of nitrogens with zero attached hydrogens (tertiary/aromatic N) is 1. The van der Waals surface area contributed by atoms with E-state index in [1.807, 2.05) is 38.1 Å². The summed E-state index contributed by atoms with van der Waals surface area (Å²) in [4.78, 5) is 0. The summed E-state index contributed by atoms with van der Waals surface area (Å²) < 4.78 is 5.24.